The number of non-ortho nitro benzene ring substituents is 1. The number of thiocarbonyl (C=S) groups is 1. The second-order valence-electron chi connectivity index (χ2n) is 5.49. The van der Waals surface area contributed by atoms with Crippen LogP contribution in [0.1, 0.15) is 31.1 Å². The van der Waals surface area contributed by atoms with Crippen molar-refractivity contribution in [2.24, 2.45) is 0 Å². The molecule has 0 amide bonds. The molecule has 0 saturated carbocycles. The molecule has 0 aliphatic carbocycles. The number of aromatic nitrogens is 2. The molecular formula is C16H21N5O3S. The maximum atomic E-state index is 10.8. The monoisotopic (exact) mass is 363 g/mol. The van der Waals surface area contributed by atoms with Crippen molar-refractivity contribution in [3.05, 3.63) is 45.8 Å². The molecule has 134 valence electrons. The van der Waals surface area contributed by atoms with Crippen LogP contribution >= 0.6 is 12.2 Å². The summed E-state index contributed by atoms with van der Waals surface area (Å²) in [5, 5.41) is 21.9. The third-order valence-corrected chi connectivity index (χ3v) is 3.99. The van der Waals surface area contributed by atoms with Crippen LogP contribution < -0.4 is 15.4 Å². The molecule has 0 aliphatic rings. The van der Waals surface area contributed by atoms with Crippen LogP contribution in [0.25, 0.3) is 0 Å². The average Bonchev–Trinajstić information content (AvgIpc) is 2.96. The minimum atomic E-state index is -0.473. The number of rotatable bonds is 6. The second-order valence-corrected chi connectivity index (χ2v) is 5.90. The molecule has 1 unspecified atom stereocenters. The molecule has 1 aromatic heterocycles. The highest BCUT2D eigenvalue weighted by Gasteiger charge is 2.15. The van der Waals surface area contributed by atoms with E-state index in [1.54, 1.807) is 6.07 Å². The van der Waals surface area contributed by atoms with E-state index in [4.69, 9.17) is 17.0 Å². The Bertz CT molecular complexity index is 790. The van der Waals surface area contributed by atoms with Gasteiger partial charge >= 0.3 is 0 Å². The molecule has 9 heteroatoms. The fourth-order valence-corrected chi connectivity index (χ4v) is 2.74. The van der Waals surface area contributed by atoms with Crippen molar-refractivity contribution < 1.29 is 9.66 Å². The van der Waals surface area contributed by atoms with Crippen molar-refractivity contribution in [2.45, 2.75) is 33.4 Å². The molecule has 0 saturated heterocycles. The first-order valence-corrected chi connectivity index (χ1v) is 8.20. The first-order chi connectivity index (χ1) is 11.8. The number of aryl methyl sites for hydroxylation is 2. The molecule has 0 aliphatic heterocycles. The van der Waals surface area contributed by atoms with Gasteiger partial charge in [-0.3, -0.25) is 14.8 Å². The molecule has 0 spiro atoms. The Hall–Kier alpha value is -2.68. The molecule has 0 radical (unpaired) electrons. The Morgan fingerprint density at radius 3 is 2.80 bits per heavy atom. The van der Waals surface area contributed by atoms with Crippen molar-refractivity contribution >= 4 is 28.7 Å². The lowest BCUT2D eigenvalue weighted by Crippen LogP contribution is -2.31. The Balaban J connectivity index is 2.09. The minimum absolute atomic E-state index is 0.0376. The fourth-order valence-electron chi connectivity index (χ4n) is 2.45. The topological polar surface area (TPSA) is 94.2 Å². The summed E-state index contributed by atoms with van der Waals surface area (Å²) in [7, 11) is 1.45. The number of nitrogens with zero attached hydrogens (tertiary/aromatic N) is 3. The van der Waals surface area contributed by atoms with Gasteiger partial charge in [0, 0.05) is 24.4 Å². The van der Waals surface area contributed by atoms with Gasteiger partial charge in [-0.25, -0.2) is 0 Å². The van der Waals surface area contributed by atoms with Gasteiger partial charge in [-0.15, -0.1) is 0 Å². The molecule has 0 fully saturated rings. The van der Waals surface area contributed by atoms with Crippen molar-refractivity contribution in [3.8, 4) is 5.75 Å². The molecule has 1 atom stereocenters. The molecule has 1 heterocycles. The maximum absolute atomic E-state index is 10.8. The second kappa shape index (κ2) is 7.93. The zero-order valence-corrected chi connectivity index (χ0v) is 15.4. The van der Waals surface area contributed by atoms with Crippen LogP contribution in [0.2, 0.25) is 0 Å². The summed E-state index contributed by atoms with van der Waals surface area (Å²) in [6.45, 7) is 6.78. The number of methoxy groups -OCH3 is 1. The summed E-state index contributed by atoms with van der Waals surface area (Å²) in [6, 6.07) is 4.27. The number of nitrogens with one attached hydrogen (secondary N) is 2. The van der Waals surface area contributed by atoms with E-state index < -0.39 is 4.92 Å². The molecule has 2 aromatic rings. The standard InChI is InChI=1S/C16H21N5O3S/c1-5-20-9-13(11(3)19-20)10(2)17-16(25)18-14-7-6-12(21(22)23)8-15(14)24-4/h6-10H,5H2,1-4H3,(H2,17,18,25). The maximum Gasteiger partial charge on any atom is 0.273 e. The predicted octanol–water partition coefficient (Wildman–Crippen LogP) is 3.18. The van der Waals surface area contributed by atoms with E-state index in [9.17, 15) is 10.1 Å². The molecule has 2 N–H and O–H groups in total. The van der Waals surface area contributed by atoms with Crippen LogP contribution in [0.5, 0.6) is 5.75 Å². The van der Waals surface area contributed by atoms with Gasteiger partial charge in [-0.05, 0) is 39.1 Å². The lowest BCUT2D eigenvalue weighted by Gasteiger charge is -2.17. The van der Waals surface area contributed by atoms with Crippen molar-refractivity contribution in [1.29, 1.82) is 0 Å². The summed E-state index contributed by atoms with van der Waals surface area (Å²) >= 11 is 5.34. The van der Waals surface area contributed by atoms with Gasteiger partial charge in [0.25, 0.3) is 5.69 Å². The predicted molar refractivity (Wildman–Crippen MR) is 100 cm³/mol. The Morgan fingerprint density at radius 1 is 1.52 bits per heavy atom. The van der Waals surface area contributed by atoms with Gasteiger partial charge in [-0.1, -0.05) is 0 Å². The highest BCUT2D eigenvalue weighted by Crippen LogP contribution is 2.29. The number of ether oxygens (including phenoxy) is 1. The molecule has 25 heavy (non-hydrogen) atoms. The third-order valence-electron chi connectivity index (χ3n) is 3.77. The van der Waals surface area contributed by atoms with Crippen LogP contribution in [0.3, 0.4) is 0 Å². The molecule has 0 bridgehead atoms. The summed E-state index contributed by atoms with van der Waals surface area (Å²) < 4.78 is 7.07. The smallest absolute Gasteiger partial charge is 0.273 e. The summed E-state index contributed by atoms with van der Waals surface area (Å²) in [4.78, 5) is 10.4. The highest BCUT2D eigenvalue weighted by atomic mass is 32.1. The van der Waals surface area contributed by atoms with E-state index in [2.05, 4.69) is 15.7 Å². The van der Waals surface area contributed by atoms with Gasteiger partial charge in [0.2, 0.25) is 0 Å². The van der Waals surface area contributed by atoms with Crippen LogP contribution in [-0.2, 0) is 6.54 Å². The van der Waals surface area contributed by atoms with E-state index in [0.717, 1.165) is 17.8 Å². The van der Waals surface area contributed by atoms with Gasteiger partial charge < -0.3 is 15.4 Å². The first-order valence-electron chi connectivity index (χ1n) is 7.79. The van der Waals surface area contributed by atoms with E-state index in [0.29, 0.717) is 16.5 Å². The van der Waals surface area contributed by atoms with Gasteiger partial charge in [0.1, 0.15) is 5.75 Å². The van der Waals surface area contributed by atoms with Crippen LogP contribution in [-0.4, -0.2) is 26.9 Å². The Morgan fingerprint density at radius 2 is 2.24 bits per heavy atom. The molecular weight excluding hydrogens is 342 g/mol. The van der Waals surface area contributed by atoms with E-state index in [1.165, 1.54) is 19.2 Å². The van der Waals surface area contributed by atoms with Crippen LogP contribution in [0, 0.1) is 17.0 Å². The van der Waals surface area contributed by atoms with Crippen molar-refractivity contribution in [2.75, 3.05) is 12.4 Å². The van der Waals surface area contributed by atoms with E-state index in [-0.39, 0.29) is 11.7 Å². The van der Waals surface area contributed by atoms with Crippen molar-refractivity contribution in [3.63, 3.8) is 0 Å². The molecule has 8 nitrogen and oxygen atoms in total. The Labute approximate surface area is 151 Å². The SMILES string of the molecule is CCn1cc(C(C)NC(=S)Nc2ccc([N+](=O)[O-])cc2OC)c(C)n1. The lowest BCUT2D eigenvalue weighted by molar-refractivity contribution is -0.384. The zero-order chi connectivity index (χ0) is 18.6. The summed E-state index contributed by atoms with van der Waals surface area (Å²) in [5.74, 6) is 0.348. The number of anilines is 1. The van der Waals surface area contributed by atoms with Gasteiger partial charge in [-0.2, -0.15) is 5.10 Å². The summed E-state index contributed by atoms with van der Waals surface area (Å²) in [6.07, 6.45) is 1.99. The quantitative estimate of drug-likeness (QED) is 0.462. The third kappa shape index (κ3) is 4.44. The highest BCUT2D eigenvalue weighted by molar-refractivity contribution is 7.80. The average molecular weight is 363 g/mol. The zero-order valence-electron chi connectivity index (χ0n) is 14.6. The number of hydrogen-bond acceptors (Lipinski definition) is 5. The molecule has 1 aromatic carbocycles. The van der Waals surface area contributed by atoms with Crippen molar-refractivity contribution in [1.82, 2.24) is 15.1 Å². The van der Waals surface area contributed by atoms with Crippen LogP contribution in [0.15, 0.2) is 24.4 Å². The van der Waals surface area contributed by atoms with E-state index in [1.807, 2.05) is 31.6 Å². The van der Waals surface area contributed by atoms with Crippen LogP contribution in [0.4, 0.5) is 11.4 Å². The van der Waals surface area contributed by atoms with Gasteiger partial charge in [0.15, 0.2) is 5.11 Å². The minimum Gasteiger partial charge on any atom is -0.494 e. The first kappa shape index (κ1) is 18.7. The molecule has 2 rings (SSSR count). The lowest BCUT2D eigenvalue weighted by atomic mass is 10.1. The van der Waals surface area contributed by atoms with E-state index >= 15 is 0 Å². The number of nitro groups is 1. The number of benzene rings is 1. The summed E-state index contributed by atoms with van der Waals surface area (Å²) in [5.41, 5.74) is 2.51. The van der Waals surface area contributed by atoms with Gasteiger partial charge in [0.05, 0.1) is 35.5 Å². The largest absolute Gasteiger partial charge is 0.494 e. The normalized spacial score (nSPS) is 11.7. The number of nitro benzene ring substituents is 1. The fraction of sp³-hybridized carbons (Fsp3) is 0.375. The Kier molecular flexibility index (Phi) is 5.92. The number of hydrogen-bond donors (Lipinski definition) is 2.